The van der Waals surface area contributed by atoms with E-state index < -0.39 is 0 Å². The van der Waals surface area contributed by atoms with Crippen molar-refractivity contribution in [3.8, 4) is 0 Å². The van der Waals surface area contributed by atoms with Gasteiger partial charge in [0.05, 0.1) is 27.0 Å². The van der Waals surface area contributed by atoms with Crippen LogP contribution < -0.4 is 5.32 Å². The lowest BCUT2D eigenvalue weighted by Crippen LogP contribution is -2.18. The maximum Gasteiger partial charge on any atom is 0.256 e. The van der Waals surface area contributed by atoms with Crippen LogP contribution >= 0.6 is 39.0 Å². The molecule has 1 N–H and O–H groups in total. The lowest BCUT2D eigenvalue weighted by Gasteiger charge is -2.14. The summed E-state index contributed by atoms with van der Waals surface area (Å²) in [5.74, 6) is 0.255. The molecule has 1 aliphatic rings. The summed E-state index contributed by atoms with van der Waals surface area (Å²) in [4.78, 5) is 30.8. The number of carbonyl (C=O) groups excluding carboxylic acids is 2. The maximum atomic E-state index is 13.4. The lowest BCUT2D eigenvalue weighted by atomic mass is 9.96. The quantitative estimate of drug-likeness (QED) is 0.219. The third kappa shape index (κ3) is 4.38. The lowest BCUT2D eigenvalue weighted by molar-refractivity contribution is 0.0942. The molecule has 0 bridgehead atoms. The number of benzene rings is 3. The molecule has 3 aromatic carbocycles. The van der Waals surface area contributed by atoms with Crippen molar-refractivity contribution >= 4 is 77.6 Å². The van der Waals surface area contributed by atoms with Crippen molar-refractivity contribution in [2.75, 3.05) is 11.1 Å². The fourth-order valence-electron chi connectivity index (χ4n) is 4.86. The second kappa shape index (κ2) is 9.84. The predicted molar refractivity (Wildman–Crippen MR) is 152 cm³/mol. The van der Waals surface area contributed by atoms with Gasteiger partial charge in [0.2, 0.25) is 5.91 Å². The Bertz CT molecular complexity index is 1640. The van der Waals surface area contributed by atoms with E-state index in [2.05, 4.69) is 39.4 Å². The number of nitrogens with one attached hydrogen (secondary N) is 1. The summed E-state index contributed by atoms with van der Waals surface area (Å²) in [6.07, 6.45) is 4.30. The van der Waals surface area contributed by atoms with Crippen LogP contribution in [0.3, 0.4) is 0 Å². The third-order valence-electron chi connectivity index (χ3n) is 6.49. The molecule has 5 nitrogen and oxygen atoms in total. The summed E-state index contributed by atoms with van der Waals surface area (Å²) in [5, 5.41) is 4.17. The molecule has 36 heavy (non-hydrogen) atoms. The van der Waals surface area contributed by atoms with E-state index in [-0.39, 0.29) is 11.8 Å². The highest BCUT2D eigenvalue weighted by Gasteiger charge is 2.23. The number of amides is 1. The van der Waals surface area contributed by atoms with Crippen molar-refractivity contribution in [1.29, 1.82) is 0 Å². The van der Waals surface area contributed by atoms with Crippen LogP contribution in [0.4, 0.5) is 5.69 Å². The fourth-order valence-corrected chi connectivity index (χ4v) is 7.28. The molecule has 0 atom stereocenters. The monoisotopic (exact) mass is 575 g/mol. The predicted octanol–water partition coefficient (Wildman–Crippen LogP) is 7.58. The molecule has 0 radical (unpaired) electrons. The van der Waals surface area contributed by atoms with Crippen molar-refractivity contribution in [1.82, 2.24) is 9.55 Å². The number of hydrogen-bond acceptors (Lipinski definition) is 5. The molecule has 0 fully saturated rings. The highest BCUT2D eigenvalue weighted by molar-refractivity contribution is 9.10. The van der Waals surface area contributed by atoms with Crippen LogP contribution in [-0.2, 0) is 12.8 Å². The van der Waals surface area contributed by atoms with Crippen LogP contribution in [0, 0.1) is 0 Å². The molecule has 6 rings (SSSR count). The Kier molecular flexibility index (Phi) is 6.41. The number of thioether (sulfide) groups is 1. The molecule has 8 heteroatoms. The summed E-state index contributed by atoms with van der Waals surface area (Å²) in [7, 11) is 0. The Labute approximate surface area is 225 Å². The molecule has 2 aromatic heterocycles. The highest BCUT2D eigenvalue weighted by atomic mass is 79.9. The van der Waals surface area contributed by atoms with Gasteiger partial charge in [0.15, 0.2) is 4.34 Å². The minimum atomic E-state index is -0.172. The van der Waals surface area contributed by atoms with Crippen LogP contribution in [0.1, 0.15) is 39.3 Å². The number of nitrogens with zero attached hydrogens (tertiary/aromatic N) is 2. The molecular weight excluding hydrogens is 554 g/mol. The van der Waals surface area contributed by atoms with Crippen LogP contribution in [-0.4, -0.2) is 27.1 Å². The molecular formula is C28H22BrN3O2S2. The average Bonchev–Trinajstić information content (AvgIpc) is 3.46. The zero-order valence-corrected chi connectivity index (χ0v) is 22.5. The smallest absolute Gasteiger partial charge is 0.256 e. The topological polar surface area (TPSA) is 64.0 Å². The van der Waals surface area contributed by atoms with E-state index in [9.17, 15) is 9.59 Å². The molecule has 0 saturated carbocycles. The van der Waals surface area contributed by atoms with Gasteiger partial charge in [-0.2, -0.15) is 0 Å². The SMILES string of the molecule is O=C(Nc1ccc2nc(SCC(=O)n3c4c(c5ccccc53)CCCC4)sc2c1)c1ccccc1Br. The normalized spacial score (nSPS) is 13.1. The molecule has 180 valence electrons. The summed E-state index contributed by atoms with van der Waals surface area (Å²) >= 11 is 6.44. The number of para-hydroxylation sites is 1. The van der Waals surface area contributed by atoms with E-state index in [0.717, 1.165) is 43.8 Å². The van der Waals surface area contributed by atoms with Gasteiger partial charge in [0.1, 0.15) is 0 Å². The molecule has 0 unspecified atom stereocenters. The van der Waals surface area contributed by atoms with Gasteiger partial charge in [-0.25, -0.2) is 4.98 Å². The Morgan fingerprint density at radius 2 is 1.83 bits per heavy atom. The van der Waals surface area contributed by atoms with Crippen molar-refractivity contribution in [3.05, 3.63) is 88.0 Å². The van der Waals surface area contributed by atoms with Gasteiger partial charge in [-0.1, -0.05) is 42.1 Å². The van der Waals surface area contributed by atoms with E-state index in [1.54, 1.807) is 6.07 Å². The van der Waals surface area contributed by atoms with Crippen molar-refractivity contribution < 1.29 is 9.59 Å². The largest absolute Gasteiger partial charge is 0.322 e. The first-order valence-electron chi connectivity index (χ1n) is 11.8. The van der Waals surface area contributed by atoms with Gasteiger partial charge in [-0.15, -0.1) is 11.3 Å². The zero-order valence-electron chi connectivity index (χ0n) is 19.3. The van der Waals surface area contributed by atoms with Gasteiger partial charge in [0, 0.05) is 21.2 Å². The summed E-state index contributed by atoms with van der Waals surface area (Å²) < 4.78 is 4.51. The van der Waals surface area contributed by atoms with E-state index >= 15 is 0 Å². The number of aryl methyl sites for hydroxylation is 1. The Hall–Kier alpha value is -2.94. The number of thiazole rings is 1. The second-order valence-corrected chi connectivity index (χ2v) is 11.9. The standard InChI is InChI=1S/C28H22BrN3O2S2/c29-21-10-4-1-9-20(21)27(34)30-17-13-14-22-25(15-17)36-28(31-22)35-16-26(33)32-23-11-5-2-7-18(23)19-8-3-6-12-24(19)32/h1-2,4-5,7,9-11,13-15H,3,6,8,12,16H2,(H,30,34). The van der Waals surface area contributed by atoms with E-state index in [1.807, 2.05) is 47.0 Å². The van der Waals surface area contributed by atoms with Crippen LogP contribution in [0.25, 0.3) is 21.1 Å². The first-order valence-corrected chi connectivity index (χ1v) is 14.4. The number of aromatic nitrogens is 2. The van der Waals surface area contributed by atoms with Crippen molar-refractivity contribution in [2.45, 2.75) is 30.0 Å². The Balaban J connectivity index is 1.20. The van der Waals surface area contributed by atoms with Crippen LogP contribution in [0.15, 0.2) is 75.5 Å². The minimum Gasteiger partial charge on any atom is -0.322 e. The number of fused-ring (bicyclic) bond motifs is 4. The maximum absolute atomic E-state index is 13.4. The highest BCUT2D eigenvalue weighted by Crippen LogP contribution is 2.34. The number of hydrogen-bond donors (Lipinski definition) is 1. The van der Waals surface area contributed by atoms with Gasteiger partial charge < -0.3 is 5.32 Å². The van der Waals surface area contributed by atoms with Gasteiger partial charge >= 0.3 is 0 Å². The van der Waals surface area contributed by atoms with E-state index in [4.69, 9.17) is 4.98 Å². The average molecular weight is 577 g/mol. The summed E-state index contributed by atoms with van der Waals surface area (Å²) in [6, 6.07) is 21.3. The second-order valence-electron chi connectivity index (χ2n) is 8.76. The molecule has 1 aliphatic carbocycles. The van der Waals surface area contributed by atoms with Crippen LogP contribution in [0.2, 0.25) is 0 Å². The summed E-state index contributed by atoms with van der Waals surface area (Å²) in [6.45, 7) is 0. The molecule has 0 spiro atoms. The van der Waals surface area contributed by atoms with E-state index in [0.29, 0.717) is 17.0 Å². The zero-order chi connectivity index (χ0) is 24.6. The number of carbonyl (C=O) groups is 2. The number of anilines is 1. The molecule has 0 aliphatic heterocycles. The van der Waals surface area contributed by atoms with Gasteiger partial charge in [-0.3, -0.25) is 14.2 Å². The Morgan fingerprint density at radius 3 is 2.72 bits per heavy atom. The first-order chi connectivity index (χ1) is 17.6. The molecule has 0 saturated heterocycles. The Morgan fingerprint density at radius 1 is 1.03 bits per heavy atom. The van der Waals surface area contributed by atoms with Crippen LogP contribution in [0.5, 0.6) is 0 Å². The van der Waals surface area contributed by atoms with Gasteiger partial charge in [-0.05, 0) is 83.6 Å². The minimum absolute atomic E-state index is 0.0972. The van der Waals surface area contributed by atoms with E-state index in [1.165, 1.54) is 46.2 Å². The first kappa shape index (κ1) is 23.5. The molecule has 2 heterocycles. The van der Waals surface area contributed by atoms with Crippen molar-refractivity contribution in [2.24, 2.45) is 0 Å². The molecule has 1 amide bonds. The van der Waals surface area contributed by atoms with Crippen molar-refractivity contribution in [3.63, 3.8) is 0 Å². The molecule has 5 aromatic rings. The fraction of sp³-hybridized carbons (Fsp3) is 0.179. The number of rotatable bonds is 5. The summed E-state index contributed by atoms with van der Waals surface area (Å²) in [5.41, 5.74) is 5.69. The van der Waals surface area contributed by atoms with Gasteiger partial charge in [0.25, 0.3) is 5.91 Å². The third-order valence-corrected chi connectivity index (χ3v) is 9.33. The number of halogens is 1.